The number of primary amides is 1. The fourth-order valence-electron chi connectivity index (χ4n) is 6.79. The average Bonchev–Trinajstić information content (AvgIpc) is 3.76. The molecule has 2 saturated carbocycles. The number of nitrogens with one attached hydrogen (secondary N) is 3. The third-order valence-electron chi connectivity index (χ3n) is 9.26. The van der Waals surface area contributed by atoms with Crippen LogP contribution in [0.25, 0.3) is 11.3 Å². The molecule has 226 valence electrons. The maximum Gasteiger partial charge on any atom is 0.295 e. The number of hydrogen-bond donors (Lipinski definition) is 4. The van der Waals surface area contributed by atoms with E-state index in [0.29, 0.717) is 29.0 Å². The monoisotopic (exact) mass is 583 g/mol. The standard InChI is InChI=1S/C33H41N7O3/c1-33(14-5-15-40(20-33)25-12-13-27(36-18-25)29(34)39-31(42)21-10-11-21)17-24-6-2-3-9-26(24)38-32-37-19-28(43-32)22-7-4-8-23(16-22)30(35)41/h4,7-8,12-13,16,18-19,21,24,26H,2-3,5-6,9-11,14-15,17,20H2,1H3,(H2,35,41)(H,37,38)(H2,34,39,42)/t24-,26+,33+/m0/s1. The molecule has 3 atom stereocenters. The Bertz CT molecular complexity index is 1480. The summed E-state index contributed by atoms with van der Waals surface area (Å²) in [5, 5.41) is 14.5. The zero-order chi connectivity index (χ0) is 30.0. The first-order valence-corrected chi connectivity index (χ1v) is 15.5. The van der Waals surface area contributed by atoms with Crippen LogP contribution in [0.1, 0.15) is 80.8 Å². The summed E-state index contributed by atoms with van der Waals surface area (Å²) in [6, 6.07) is 11.8. The summed E-state index contributed by atoms with van der Waals surface area (Å²) in [6.45, 7) is 4.34. The van der Waals surface area contributed by atoms with Crippen molar-refractivity contribution in [1.29, 1.82) is 5.41 Å². The van der Waals surface area contributed by atoms with Crippen LogP contribution in [0.5, 0.6) is 0 Å². The molecule has 0 bridgehead atoms. The largest absolute Gasteiger partial charge is 0.424 e. The molecule has 6 rings (SSSR count). The molecule has 3 heterocycles. The van der Waals surface area contributed by atoms with Crippen LogP contribution in [0.3, 0.4) is 0 Å². The number of amides is 2. The highest BCUT2D eigenvalue weighted by molar-refractivity contribution is 6.06. The molecule has 3 aromatic rings. The second kappa shape index (κ2) is 12.2. The lowest BCUT2D eigenvalue weighted by atomic mass is 9.70. The van der Waals surface area contributed by atoms with E-state index in [1.54, 1.807) is 24.4 Å². The summed E-state index contributed by atoms with van der Waals surface area (Å²) < 4.78 is 6.08. The summed E-state index contributed by atoms with van der Waals surface area (Å²) in [5.74, 6) is 0.694. The minimum Gasteiger partial charge on any atom is -0.424 e. The number of nitrogens with two attached hydrogens (primary N) is 1. The molecule has 10 heteroatoms. The summed E-state index contributed by atoms with van der Waals surface area (Å²) in [5.41, 5.74) is 8.36. The molecule has 10 nitrogen and oxygen atoms in total. The highest BCUT2D eigenvalue weighted by atomic mass is 16.4. The Hall–Kier alpha value is -4.21. The summed E-state index contributed by atoms with van der Waals surface area (Å²) in [6.07, 6.45) is 13.4. The van der Waals surface area contributed by atoms with Crippen LogP contribution in [-0.2, 0) is 4.79 Å². The Morgan fingerprint density at radius 3 is 2.70 bits per heavy atom. The van der Waals surface area contributed by atoms with Crippen LogP contribution in [0.2, 0.25) is 0 Å². The van der Waals surface area contributed by atoms with Gasteiger partial charge in [0.2, 0.25) is 11.8 Å². The van der Waals surface area contributed by atoms with Gasteiger partial charge >= 0.3 is 0 Å². The molecule has 1 aliphatic heterocycles. The van der Waals surface area contributed by atoms with Crippen molar-refractivity contribution in [2.75, 3.05) is 23.3 Å². The van der Waals surface area contributed by atoms with Gasteiger partial charge in [-0.3, -0.25) is 20.0 Å². The number of oxazole rings is 1. The lowest BCUT2D eigenvalue weighted by Crippen LogP contribution is -2.45. The number of hydrogen-bond acceptors (Lipinski definition) is 8. The van der Waals surface area contributed by atoms with Crippen molar-refractivity contribution < 1.29 is 14.0 Å². The molecular formula is C33H41N7O3. The average molecular weight is 584 g/mol. The second-order valence-corrected chi connectivity index (χ2v) is 12.9. The molecule has 43 heavy (non-hydrogen) atoms. The van der Waals surface area contributed by atoms with E-state index in [0.717, 1.165) is 56.4 Å². The molecule has 0 unspecified atom stereocenters. The second-order valence-electron chi connectivity index (χ2n) is 12.9. The van der Waals surface area contributed by atoms with E-state index in [9.17, 15) is 9.59 Å². The molecule has 1 saturated heterocycles. The Labute approximate surface area is 252 Å². The van der Waals surface area contributed by atoms with E-state index in [2.05, 4.69) is 32.4 Å². The highest BCUT2D eigenvalue weighted by Gasteiger charge is 2.37. The van der Waals surface area contributed by atoms with Gasteiger partial charge in [0.05, 0.1) is 18.1 Å². The van der Waals surface area contributed by atoms with Crippen LogP contribution in [0.15, 0.2) is 53.2 Å². The molecule has 3 aliphatic rings. The van der Waals surface area contributed by atoms with Crippen LogP contribution in [-0.4, -0.2) is 46.7 Å². The highest BCUT2D eigenvalue weighted by Crippen LogP contribution is 2.42. The smallest absolute Gasteiger partial charge is 0.295 e. The number of nitrogens with zero attached hydrogens (tertiary/aromatic N) is 3. The van der Waals surface area contributed by atoms with Gasteiger partial charge in [-0.1, -0.05) is 31.9 Å². The number of amidine groups is 1. The van der Waals surface area contributed by atoms with Gasteiger partial charge in [-0.25, -0.2) is 4.98 Å². The van der Waals surface area contributed by atoms with E-state index >= 15 is 0 Å². The lowest BCUT2D eigenvalue weighted by molar-refractivity contribution is -0.120. The SMILES string of the molecule is C[C@]1(C[C@@H]2CCCC[C@H]2Nc2ncc(-c3cccc(C(N)=O)c3)o2)CCCN(c2ccc(C(=N)NC(=O)C3CC3)nc2)C1. The maximum atomic E-state index is 12.0. The summed E-state index contributed by atoms with van der Waals surface area (Å²) in [4.78, 5) is 35.1. The van der Waals surface area contributed by atoms with E-state index in [4.69, 9.17) is 15.6 Å². The Balaban J connectivity index is 1.08. The Morgan fingerprint density at radius 2 is 1.93 bits per heavy atom. The Morgan fingerprint density at radius 1 is 1.09 bits per heavy atom. The van der Waals surface area contributed by atoms with E-state index in [-0.39, 0.29) is 29.1 Å². The first kappa shape index (κ1) is 28.9. The maximum absolute atomic E-state index is 12.0. The molecule has 2 amide bonds. The minimum atomic E-state index is -0.470. The number of anilines is 2. The predicted octanol–water partition coefficient (Wildman–Crippen LogP) is 5.35. The third kappa shape index (κ3) is 6.89. The molecule has 0 radical (unpaired) electrons. The van der Waals surface area contributed by atoms with Crippen molar-refractivity contribution in [2.45, 2.75) is 70.8 Å². The number of piperidine rings is 1. The van der Waals surface area contributed by atoms with Gasteiger partial charge in [0.15, 0.2) is 11.6 Å². The van der Waals surface area contributed by atoms with Crippen molar-refractivity contribution in [3.8, 4) is 11.3 Å². The molecule has 0 spiro atoms. The van der Waals surface area contributed by atoms with Crippen LogP contribution in [0, 0.1) is 22.7 Å². The third-order valence-corrected chi connectivity index (χ3v) is 9.26. The van der Waals surface area contributed by atoms with Crippen molar-refractivity contribution >= 4 is 29.4 Å². The molecular weight excluding hydrogens is 542 g/mol. The van der Waals surface area contributed by atoms with Crippen molar-refractivity contribution in [2.24, 2.45) is 23.0 Å². The van der Waals surface area contributed by atoms with Gasteiger partial charge in [-0.2, -0.15) is 0 Å². The van der Waals surface area contributed by atoms with E-state index < -0.39 is 5.91 Å². The first-order chi connectivity index (χ1) is 20.8. The number of carbonyl (C=O) groups is 2. The fourth-order valence-corrected chi connectivity index (χ4v) is 6.79. The van der Waals surface area contributed by atoms with E-state index in [1.807, 2.05) is 24.4 Å². The predicted molar refractivity (Wildman–Crippen MR) is 166 cm³/mol. The number of benzene rings is 1. The fraction of sp³-hybridized carbons (Fsp3) is 0.485. The molecule has 1 aromatic carbocycles. The van der Waals surface area contributed by atoms with E-state index in [1.165, 1.54) is 25.7 Å². The molecule has 2 aromatic heterocycles. The number of rotatable bonds is 9. The number of aromatic nitrogens is 2. The van der Waals surface area contributed by atoms with Crippen molar-refractivity contribution in [3.05, 3.63) is 60.0 Å². The van der Waals surface area contributed by atoms with Gasteiger partial charge in [0.25, 0.3) is 6.01 Å². The van der Waals surface area contributed by atoms with Gasteiger partial charge in [0.1, 0.15) is 5.69 Å². The van der Waals surface area contributed by atoms with Gasteiger partial charge in [0, 0.05) is 36.2 Å². The first-order valence-electron chi connectivity index (χ1n) is 15.5. The zero-order valence-corrected chi connectivity index (χ0v) is 24.8. The van der Waals surface area contributed by atoms with Crippen LogP contribution < -0.4 is 21.3 Å². The molecule has 2 aliphatic carbocycles. The van der Waals surface area contributed by atoms with Crippen LogP contribution in [0.4, 0.5) is 11.7 Å². The summed E-state index contributed by atoms with van der Waals surface area (Å²) in [7, 11) is 0. The van der Waals surface area contributed by atoms with Crippen LogP contribution >= 0.6 is 0 Å². The minimum absolute atomic E-state index is 0.0600. The van der Waals surface area contributed by atoms with Gasteiger partial charge in [-0.05, 0) is 80.5 Å². The topological polar surface area (TPSA) is 150 Å². The van der Waals surface area contributed by atoms with Gasteiger partial charge < -0.3 is 25.7 Å². The Kier molecular flexibility index (Phi) is 8.19. The van der Waals surface area contributed by atoms with Crippen molar-refractivity contribution in [1.82, 2.24) is 15.3 Å². The molecule has 3 fully saturated rings. The van der Waals surface area contributed by atoms with Gasteiger partial charge in [-0.15, -0.1) is 0 Å². The summed E-state index contributed by atoms with van der Waals surface area (Å²) >= 11 is 0. The quantitative estimate of drug-likeness (QED) is 0.196. The normalized spacial score (nSPS) is 23.9. The van der Waals surface area contributed by atoms with Crippen molar-refractivity contribution in [3.63, 3.8) is 0 Å². The molecule has 5 N–H and O–H groups in total. The number of carbonyl (C=O) groups excluding carboxylic acids is 2. The lowest BCUT2D eigenvalue weighted by Gasteiger charge is -2.45. The number of pyridine rings is 1. The zero-order valence-electron chi connectivity index (χ0n) is 24.8.